The third-order valence-corrected chi connectivity index (χ3v) is 3.63. The highest BCUT2D eigenvalue weighted by atomic mass is 16.2. The van der Waals surface area contributed by atoms with Crippen LogP contribution in [0.1, 0.15) is 47.1 Å². The summed E-state index contributed by atoms with van der Waals surface area (Å²) < 4.78 is 0. The topological polar surface area (TPSA) is 40.6 Å². The standard InChI is InChI=1S/C18H28N2O2/c1-7-20(18(4,5)6)17(22)16(21)19(14(2)3)13-15-11-9-8-10-12-15/h8-12,14H,7,13H2,1-6H3. The Labute approximate surface area is 134 Å². The highest BCUT2D eigenvalue weighted by Crippen LogP contribution is 2.16. The number of hydrogen-bond donors (Lipinski definition) is 0. The van der Waals surface area contributed by atoms with E-state index in [2.05, 4.69) is 0 Å². The van der Waals surface area contributed by atoms with E-state index in [0.717, 1.165) is 5.56 Å². The summed E-state index contributed by atoms with van der Waals surface area (Å²) in [7, 11) is 0. The van der Waals surface area contributed by atoms with Gasteiger partial charge >= 0.3 is 11.8 Å². The summed E-state index contributed by atoms with van der Waals surface area (Å²) in [6, 6.07) is 9.72. The van der Waals surface area contributed by atoms with E-state index in [1.807, 2.05) is 71.9 Å². The molecule has 0 fully saturated rings. The number of carbonyl (C=O) groups excluding carboxylic acids is 2. The second kappa shape index (κ2) is 7.43. The normalized spacial score (nSPS) is 11.4. The van der Waals surface area contributed by atoms with Crippen molar-refractivity contribution in [1.82, 2.24) is 9.80 Å². The van der Waals surface area contributed by atoms with Gasteiger partial charge in [-0.15, -0.1) is 0 Å². The summed E-state index contributed by atoms with van der Waals surface area (Å²) in [5.41, 5.74) is 0.660. The fraction of sp³-hybridized carbons (Fsp3) is 0.556. The highest BCUT2D eigenvalue weighted by Gasteiger charge is 2.33. The number of benzene rings is 1. The fourth-order valence-corrected chi connectivity index (χ4v) is 2.43. The van der Waals surface area contributed by atoms with E-state index in [1.165, 1.54) is 0 Å². The van der Waals surface area contributed by atoms with Gasteiger partial charge in [0.05, 0.1) is 0 Å². The summed E-state index contributed by atoms with van der Waals surface area (Å²) in [5.74, 6) is -0.866. The van der Waals surface area contributed by atoms with Gasteiger partial charge in [0, 0.05) is 24.7 Å². The van der Waals surface area contributed by atoms with Crippen molar-refractivity contribution in [2.45, 2.75) is 59.7 Å². The van der Waals surface area contributed by atoms with Gasteiger partial charge in [0.1, 0.15) is 0 Å². The Balaban J connectivity index is 2.96. The molecule has 0 saturated heterocycles. The van der Waals surface area contributed by atoms with Crippen LogP contribution in [0.3, 0.4) is 0 Å². The molecule has 22 heavy (non-hydrogen) atoms. The quantitative estimate of drug-likeness (QED) is 0.802. The molecule has 0 unspecified atom stereocenters. The molecular formula is C18H28N2O2. The van der Waals surface area contributed by atoms with E-state index in [4.69, 9.17) is 0 Å². The van der Waals surface area contributed by atoms with Gasteiger partial charge in [-0.05, 0) is 47.1 Å². The second-order valence-electron chi connectivity index (χ2n) is 6.73. The van der Waals surface area contributed by atoms with E-state index in [-0.39, 0.29) is 11.6 Å². The SMILES string of the molecule is CCN(C(=O)C(=O)N(Cc1ccccc1)C(C)C)C(C)(C)C. The van der Waals surface area contributed by atoms with E-state index >= 15 is 0 Å². The lowest BCUT2D eigenvalue weighted by molar-refractivity contribution is -0.156. The van der Waals surface area contributed by atoms with Crippen molar-refractivity contribution in [3.63, 3.8) is 0 Å². The molecule has 122 valence electrons. The van der Waals surface area contributed by atoms with Gasteiger partial charge in [0.15, 0.2) is 0 Å². The first-order valence-corrected chi connectivity index (χ1v) is 7.85. The molecule has 0 atom stereocenters. The van der Waals surface area contributed by atoms with Crippen LogP contribution in [0.5, 0.6) is 0 Å². The molecule has 0 aromatic heterocycles. The molecule has 1 aromatic rings. The summed E-state index contributed by atoms with van der Waals surface area (Å²) in [6.07, 6.45) is 0. The Hall–Kier alpha value is -1.84. The van der Waals surface area contributed by atoms with E-state index in [1.54, 1.807) is 9.80 Å². The Kier molecular flexibility index (Phi) is 6.15. The average molecular weight is 304 g/mol. The van der Waals surface area contributed by atoms with Crippen LogP contribution in [0.15, 0.2) is 30.3 Å². The van der Waals surface area contributed by atoms with Gasteiger partial charge < -0.3 is 9.80 Å². The minimum Gasteiger partial charge on any atom is -0.330 e. The number of carbonyl (C=O) groups is 2. The Morgan fingerprint density at radius 3 is 2.00 bits per heavy atom. The molecule has 0 aliphatic rings. The predicted octanol–water partition coefficient (Wildman–Crippen LogP) is 3.07. The number of likely N-dealkylation sites (N-methyl/N-ethyl adjacent to an activating group) is 1. The zero-order valence-corrected chi connectivity index (χ0v) is 14.6. The van der Waals surface area contributed by atoms with Gasteiger partial charge in [-0.1, -0.05) is 30.3 Å². The van der Waals surface area contributed by atoms with Crippen molar-refractivity contribution in [1.29, 1.82) is 0 Å². The number of amides is 2. The van der Waals surface area contributed by atoms with Gasteiger partial charge in [-0.2, -0.15) is 0 Å². The molecular weight excluding hydrogens is 276 g/mol. The average Bonchev–Trinajstić information content (AvgIpc) is 2.44. The lowest BCUT2D eigenvalue weighted by Gasteiger charge is -2.36. The smallest absolute Gasteiger partial charge is 0.312 e. The van der Waals surface area contributed by atoms with Crippen molar-refractivity contribution < 1.29 is 9.59 Å². The van der Waals surface area contributed by atoms with Crippen molar-refractivity contribution >= 4 is 11.8 Å². The molecule has 1 aromatic carbocycles. The molecule has 0 spiro atoms. The maximum absolute atomic E-state index is 12.7. The van der Waals surface area contributed by atoms with Crippen LogP contribution < -0.4 is 0 Å². The maximum atomic E-state index is 12.7. The summed E-state index contributed by atoms with van der Waals surface area (Å²) in [4.78, 5) is 28.5. The molecule has 0 saturated carbocycles. The molecule has 0 bridgehead atoms. The first-order valence-electron chi connectivity index (χ1n) is 7.85. The molecule has 0 N–H and O–H groups in total. The first kappa shape index (κ1) is 18.2. The second-order valence-corrected chi connectivity index (χ2v) is 6.73. The Morgan fingerprint density at radius 1 is 1.05 bits per heavy atom. The zero-order valence-electron chi connectivity index (χ0n) is 14.6. The largest absolute Gasteiger partial charge is 0.330 e. The minimum absolute atomic E-state index is 0.0321. The van der Waals surface area contributed by atoms with E-state index in [9.17, 15) is 9.59 Å². The van der Waals surface area contributed by atoms with E-state index in [0.29, 0.717) is 13.1 Å². The third-order valence-electron chi connectivity index (χ3n) is 3.63. The lowest BCUT2D eigenvalue weighted by Crippen LogP contribution is -2.53. The maximum Gasteiger partial charge on any atom is 0.312 e. The van der Waals surface area contributed by atoms with Crippen LogP contribution in [0.4, 0.5) is 0 Å². The van der Waals surface area contributed by atoms with Crippen molar-refractivity contribution in [2.75, 3.05) is 6.54 Å². The minimum atomic E-state index is -0.435. The summed E-state index contributed by atoms with van der Waals surface area (Å²) in [6.45, 7) is 12.6. The third kappa shape index (κ3) is 4.58. The summed E-state index contributed by atoms with van der Waals surface area (Å²) in [5, 5.41) is 0. The van der Waals surface area contributed by atoms with Crippen molar-refractivity contribution in [3.05, 3.63) is 35.9 Å². The van der Waals surface area contributed by atoms with Crippen molar-refractivity contribution in [3.8, 4) is 0 Å². The van der Waals surface area contributed by atoms with Crippen LogP contribution in [-0.4, -0.2) is 39.7 Å². The number of nitrogens with zero attached hydrogens (tertiary/aromatic N) is 2. The molecule has 1 rings (SSSR count). The van der Waals surface area contributed by atoms with Gasteiger partial charge in [-0.25, -0.2) is 0 Å². The Morgan fingerprint density at radius 2 is 1.59 bits per heavy atom. The van der Waals surface area contributed by atoms with Gasteiger partial charge in [0.2, 0.25) is 0 Å². The molecule has 0 radical (unpaired) electrons. The molecule has 4 heteroatoms. The van der Waals surface area contributed by atoms with E-state index < -0.39 is 11.8 Å². The van der Waals surface area contributed by atoms with Crippen LogP contribution >= 0.6 is 0 Å². The molecule has 0 heterocycles. The van der Waals surface area contributed by atoms with Gasteiger partial charge in [-0.3, -0.25) is 9.59 Å². The molecule has 0 aliphatic heterocycles. The monoisotopic (exact) mass is 304 g/mol. The first-order chi connectivity index (χ1) is 10.2. The number of hydrogen-bond acceptors (Lipinski definition) is 2. The predicted molar refractivity (Wildman–Crippen MR) is 89.3 cm³/mol. The van der Waals surface area contributed by atoms with Crippen molar-refractivity contribution in [2.24, 2.45) is 0 Å². The zero-order chi connectivity index (χ0) is 16.9. The van der Waals surface area contributed by atoms with Gasteiger partial charge in [0.25, 0.3) is 0 Å². The molecule has 0 aliphatic carbocycles. The van der Waals surface area contributed by atoms with Crippen LogP contribution in [0.2, 0.25) is 0 Å². The van der Waals surface area contributed by atoms with Crippen LogP contribution in [0, 0.1) is 0 Å². The number of rotatable bonds is 4. The van der Waals surface area contributed by atoms with Crippen LogP contribution in [0.25, 0.3) is 0 Å². The molecule has 2 amide bonds. The fourth-order valence-electron chi connectivity index (χ4n) is 2.43. The van der Waals surface area contributed by atoms with Crippen LogP contribution in [-0.2, 0) is 16.1 Å². The molecule has 4 nitrogen and oxygen atoms in total. The Bertz CT molecular complexity index is 504. The lowest BCUT2D eigenvalue weighted by atomic mass is 10.1. The summed E-state index contributed by atoms with van der Waals surface area (Å²) >= 11 is 0. The highest BCUT2D eigenvalue weighted by molar-refractivity contribution is 6.35.